The molecule has 0 radical (unpaired) electrons. The van der Waals surface area contributed by atoms with Gasteiger partial charge in [-0.15, -0.1) is 0 Å². The van der Waals surface area contributed by atoms with E-state index in [9.17, 15) is 4.79 Å². The molecular formula is C10H11N3OS2. The van der Waals surface area contributed by atoms with E-state index in [2.05, 4.69) is 26.8 Å². The summed E-state index contributed by atoms with van der Waals surface area (Å²) in [6.45, 7) is 0. The lowest BCUT2D eigenvalue weighted by Crippen LogP contribution is -2.09. The zero-order valence-corrected chi connectivity index (χ0v) is 10.1. The third-order valence-corrected chi connectivity index (χ3v) is 3.56. The molecule has 6 heteroatoms. The molecule has 0 bridgehead atoms. The molecule has 3 N–H and O–H groups in total. The second-order valence-electron chi connectivity index (χ2n) is 3.21. The summed E-state index contributed by atoms with van der Waals surface area (Å²) in [5, 5.41) is 4.76. The van der Waals surface area contributed by atoms with Gasteiger partial charge in [-0.3, -0.25) is 4.79 Å². The molecule has 0 fully saturated rings. The van der Waals surface area contributed by atoms with Crippen LogP contribution in [0.1, 0.15) is 5.56 Å². The van der Waals surface area contributed by atoms with E-state index < -0.39 is 0 Å². The normalized spacial score (nSPS) is 10.5. The third-order valence-electron chi connectivity index (χ3n) is 1.95. The van der Waals surface area contributed by atoms with Crippen molar-refractivity contribution >= 4 is 28.9 Å². The number of aryl methyl sites for hydroxylation is 1. The minimum atomic E-state index is -0.203. The number of nitrogen functional groups attached to an aromatic ring is 1. The number of aromatic amines is 1. The molecule has 16 heavy (non-hydrogen) atoms. The van der Waals surface area contributed by atoms with Gasteiger partial charge in [-0.2, -0.15) is 11.3 Å². The number of rotatable bonds is 4. The van der Waals surface area contributed by atoms with Gasteiger partial charge in [0.25, 0.3) is 5.56 Å². The number of nitrogens with one attached hydrogen (secondary N) is 1. The van der Waals surface area contributed by atoms with E-state index in [1.54, 1.807) is 11.3 Å². The highest BCUT2D eigenvalue weighted by atomic mass is 32.2. The van der Waals surface area contributed by atoms with Gasteiger partial charge in [0, 0.05) is 11.8 Å². The number of hydrogen-bond donors (Lipinski definition) is 2. The topological polar surface area (TPSA) is 71.8 Å². The van der Waals surface area contributed by atoms with Crippen LogP contribution in [-0.4, -0.2) is 15.7 Å². The first kappa shape index (κ1) is 11.2. The van der Waals surface area contributed by atoms with Crippen LogP contribution < -0.4 is 11.3 Å². The maximum atomic E-state index is 11.1. The minimum absolute atomic E-state index is 0.203. The Balaban J connectivity index is 1.92. The first-order chi connectivity index (χ1) is 7.74. The van der Waals surface area contributed by atoms with Crippen molar-refractivity contribution in [1.29, 1.82) is 0 Å². The van der Waals surface area contributed by atoms with E-state index in [4.69, 9.17) is 5.73 Å². The lowest BCUT2D eigenvalue weighted by molar-refractivity contribution is 0.943. The molecule has 2 aromatic rings. The van der Waals surface area contributed by atoms with E-state index in [1.807, 2.05) is 0 Å². The molecule has 0 atom stereocenters. The molecule has 84 valence electrons. The monoisotopic (exact) mass is 253 g/mol. The Morgan fingerprint density at radius 2 is 2.44 bits per heavy atom. The highest BCUT2D eigenvalue weighted by Crippen LogP contribution is 2.15. The van der Waals surface area contributed by atoms with Gasteiger partial charge in [-0.05, 0) is 28.8 Å². The maximum absolute atomic E-state index is 11.1. The average Bonchev–Trinajstić information content (AvgIpc) is 2.69. The van der Waals surface area contributed by atoms with Crippen LogP contribution in [0.4, 0.5) is 5.82 Å². The molecule has 0 amide bonds. The molecule has 0 spiro atoms. The summed E-state index contributed by atoms with van der Waals surface area (Å²) in [6.07, 6.45) is 0.965. The van der Waals surface area contributed by atoms with Gasteiger partial charge in [-0.1, -0.05) is 11.8 Å². The molecule has 0 aliphatic carbocycles. The van der Waals surface area contributed by atoms with Crippen LogP contribution in [0.15, 0.2) is 32.8 Å². The van der Waals surface area contributed by atoms with Crippen molar-refractivity contribution in [3.05, 3.63) is 38.8 Å². The van der Waals surface area contributed by atoms with Crippen LogP contribution in [0, 0.1) is 0 Å². The van der Waals surface area contributed by atoms with Crippen LogP contribution in [0.25, 0.3) is 0 Å². The Hall–Kier alpha value is -1.27. The first-order valence-corrected chi connectivity index (χ1v) is 6.67. The minimum Gasteiger partial charge on any atom is -0.383 e. The predicted octanol–water partition coefficient (Wildman–Crippen LogP) is 1.75. The third kappa shape index (κ3) is 3.11. The van der Waals surface area contributed by atoms with Crippen molar-refractivity contribution in [1.82, 2.24) is 9.97 Å². The molecule has 2 heterocycles. The van der Waals surface area contributed by atoms with Gasteiger partial charge >= 0.3 is 0 Å². The molecule has 0 saturated carbocycles. The van der Waals surface area contributed by atoms with Gasteiger partial charge < -0.3 is 10.7 Å². The Kier molecular flexibility index (Phi) is 3.63. The molecule has 0 aliphatic heterocycles. The molecule has 2 rings (SSSR count). The highest BCUT2D eigenvalue weighted by molar-refractivity contribution is 7.99. The second-order valence-corrected chi connectivity index (χ2v) is 5.07. The van der Waals surface area contributed by atoms with E-state index in [0.717, 1.165) is 12.2 Å². The number of nitrogens with zero attached hydrogens (tertiary/aromatic N) is 1. The summed E-state index contributed by atoms with van der Waals surface area (Å²) in [5.74, 6) is 1.14. The Labute approximate surface area is 101 Å². The van der Waals surface area contributed by atoms with Gasteiger partial charge in [0.1, 0.15) is 5.82 Å². The summed E-state index contributed by atoms with van der Waals surface area (Å²) in [4.78, 5) is 17.8. The lowest BCUT2D eigenvalue weighted by atomic mass is 10.3. The largest absolute Gasteiger partial charge is 0.383 e. The van der Waals surface area contributed by atoms with Gasteiger partial charge in [-0.25, -0.2) is 4.98 Å². The summed E-state index contributed by atoms with van der Waals surface area (Å²) in [5.41, 5.74) is 6.59. The zero-order chi connectivity index (χ0) is 11.4. The lowest BCUT2D eigenvalue weighted by Gasteiger charge is -2.00. The zero-order valence-electron chi connectivity index (χ0n) is 8.47. The van der Waals surface area contributed by atoms with E-state index in [-0.39, 0.29) is 11.4 Å². The fourth-order valence-electron chi connectivity index (χ4n) is 1.22. The van der Waals surface area contributed by atoms with Gasteiger partial charge in [0.2, 0.25) is 0 Å². The maximum Gasteiger partial charge on any atom is 0.253 e. The van der Waals surface area contributed by atoms with Gasteiger partial charge in [0.05, 0.1) is 0 Å². The number of thiophene rings is 1. The number of aromatic nitrogens is 2. The van der Waals surface area contributed by atoms with E-state index >= 15 is 0 Å². The Bertz CT molecular complexity index is 507. The Morgan fingerprint density at radius 1 is 1.56 bits per heavy atom. The number of H-pyrrole nitrogens is 1. The van der Waals surface area contributed by atoms with Crippen LogP contribution in [0.5, 0.6) is 0 Å². The van der Waals surface area contributed by atoms with Crippen molar-refractivity contribution in [3.63, 3.8) is 0 Å². The molecular weight excluding hydrogens is 242 g/mol. The number of thioether (sulfide) groups is 1. The summed E-state index contributed by atoms with van der Waals surface area (Å²) >= 11 is 3.19. The predicted molar refractivity (Wildman–Crippen MR) is 68.0 cm³/mol. The summed E-state index contributed by atoms with van der Waals surface area (Å²) < 4.78 is 0. The molecule has 0 saturated heterocycles. The van der Waals surface area contributed by atoms with Crippen LogP contribution in [0.2, 0.25) is 0 Å². The van der Waals surface area contributed by atoms with Crippen molar-refractivity contribution in [2.24, 2.45) is 0 Å². The fourth-order valence-corrected chi connectivity index (χ4v) is 2.80. The highest BCUT2D eigenvalue weighted by Gasteiger charge is 2.00. The quantitative estimate of drug-likeness (QED) is 0.643. The standard InChI is InChI=1S/C10H11N3OS2/c11-8-5-9(14)13-10(12-8)16-4-2-7-1-3-15-6-7/h1,3,5-6H,2,4H2,(H3,11,12,13,14). The molecule has 0 unspecified atom stereocenters. The summed E-state index contributed by atoms with van der Waals surface area (Å²) in [6, 6.07) is 3.38. The summed E-state index contributed by atoms with van der Waals surface area (Å²) in [7, 11) is 0. The first-order valence-electron chi connectivity index (χ1n) is 4.75. The van der Waals surface area contributed by atoms with Crippen LogP contribution in [-0.2, 0) is 6.42 Å². The van der Waals surface area contributed by atoms with Crippen LogP contribution in [0.3, 0.4) is 0 Å². The number of anilines is 1. The van der Waals surface area contributed by atoms with Crippen molar-refractivity contribution < 1.29 is 0 Å². The average molecular weight is 253 g/mol. The fraction of sp³-hybridized carbons (Fsp3) is 0.200. The van der Waals surface area contributed by atoms with E-state index in [1.165, 1.54) is 23.4 Å². The van der Waals surface area contributed by atoms with Crippen molar-refractivity contribution in [2.75, 3.05) is 11.5 Å². The van der Waals surface area contributed by atoms with Crippen molar-refractivity contribution in [3.8, 4) is 0 Å². The van der Waals surface area contributed by atoms with Crippen LogP contribution >= 0.6 is 23.1 Å². The Morgan fingerprint density at radius 3 is 3.12 bits per heavy atom. The number of nitrogens with two attached hydrogens (primary N) is 1. The SMILES string of the molecule is Nc1cc(=O)[nH]c(SCCc2ccsc2)n1. The molecule has 0 aromatic carbocycles. The molecule has 4 nitrogen and oxygen atoms in total. The van der Waals surface area contributed by atoms with Crippen molar-refractivity contribution in [2.45, 2.75) is 11.6 Å². The van der Waals surface area contributed by atoms with Gasteiger partial charge in [0.15, 0.2) is 5.16 Å². The number of hydrogen-bond acceptors (Lipinski definition) is 5. The molecule has 2 aromatic heterocycles. The molecule has 0 aliphatic rings. The van der Waals surface area contributed by atoms with E-state index in [0.29, 0.717) is 5.16 Å². The second kappa shape index (κ2) is 5.18. The smallest absolute Gasteiger partial charge is 0.253 e.